The van der Waals surface area contributed by atoms with E-state index in [9.17, 15) is 10.2 Å². The number of aliphatic hydroxyl groups excluding tert-OH is 2. The Morgan fingerprint density at radius 2 is 2.25 bits per heavy atom. The predicted molar refractivity (Wildman–Crippen MR) is 91.5 cm³/mol. The summed E-state index contributed by atoms with van der Waals surface area (Å²) in [5.74, 6) is 1.95. The normalized spacial score (nSPS) is 29.2. The molecule has 4 heteroatoms. The quantitative estimate of drug-likeness (QED) is 0.788. The van der Waals surface area contributed by atoms with Gasteiger partial charge in [-0.2, -0.15) is 5.26 Å². The van der Waals surface area contributed by atoms with E-state index in [-0.39, 0.29) is 18.6 Å². The monoisotopic (exact) mass is 327 g/mol. The third-order valence-electron chi connectivity index (χ3n) is 5.71. The molecule has 1 fully saturated rings. The lowest BCUT2D eigenvalue weighted by Crippen LogP contribution is -2.27. The number of ether oxygens (including phenoxy) is 1. The van der Waals surface area contributed by atoms with Crippen LogP contribution in [-0.2, 0) is 12.8 Å². The second kappa shape index (κ2) is 7.38. The average Bonchev–Trinajstić information content (AvgIpc) is 2.90. The summed E-state index contributed by atoms with van der Waals surface area (Å²) in [4.78, 5) is 0. The molecule has 0 amide bonds. The van der Waals surface area contributed by atoms with Crippen LogP contribution >= 0.6 is 0 Å². The third kappa shape index (κ3) is 3.33. The molecule has 0 radical (unpaired) electrons. The molecule has 4 nitrogen and oxygen atoms in total. The molecule has 0 spiro atoms. The Balaban J connectivity index is 1.76. The summed E-state index contributed by atoms with van der Waals surface area (Å²) in [6.07, 6.45) is 4.92. The summed E-state index contributed by atoms with van der Waals surface area (Å²) in [7, 11) is 0. The van der Waals surface area contributed by atoms with Crippen LogP contribution < -0.4 is 4.74 Å². The molecule has 2 aliphatic rings. The molecule has 0 heterocycles. The number of nitriles is 1. The molecule has 2 unspecified atom stereocenters. The minimum atomic E-state index is -0.488. The van der Waals surface area contributed by atoms with Crippen molar-refractivity contribution < 1.29 is 14.9 Å². The number of benzene rings is 1. The SMILES string of the molecule is C=C[C@@H](O)CCC1[C@H]2Cc3cccc(OCC#N)c3CC2C[C@H]1O. The van der Waals surface area contributed by atoms with Gasteiger partial charge in [-0.3, -0.25) is 0 Å². The van der Waals surface area contributed by atoms with Gasteiger partial charge in [-0.05, 0) is 67.1 Å². The molecular formula is C20H25NO3. The number of hydrogen-bond acceptors (Lipinski definition) is 4. The summed E-state index contributed by atoms with van der Waals surface area (Å²) < 4.78 is 5.58. The van der Waals surface area contributed by atoms with Crippen LogP contribution in [-0.4, -0.2) is 29.0 Å². The molecule has 0 saturated heterocycles. The largest absolute Gasteiger partial charge is 0.478 e. The Bertz CT molecular complexity index is 636. The van der Waals surface area contributed by atoms with E-state index >= 15 is 0 Å². The first-order valence-corrected chi connectivity index (χ1v) is 8.73. The molecule has 0 bridgehead atoms. The summed E-state index contributed by atoms with van der Waals surface area (Å²) in [5, 5.41) is 29.0. The standard InChI is InChI=1S/C20H25NO3/c1-2-15(22)6-7-16-17-10-13-4-3-5-20(24-9-8-21)18(13)11-14(17)12-19(16)23/h2-5,14-17,19,22-23H,1,6-7,9-12H2/t14?,15-,16?,17+,19-/m1/s1. The van der Waals surface area contributed by atoms with Gasteiger partial charge in [0.15, 0.2) is 6.61 Å². The van der Waals surface area contributed by atoms with Crippen molar-refractivity contribution in [3.63, 3.8) is 0 Å². The maximum atomic E-state index is 10.5. The van der Waals surface area contributed by atoms with Gasteiger partial charge in [-0.25, -0.2) is 0 Å². The fourth-order valence-electron chi connectivity index (χ4n) is 4.53. The van der Waals surface area contributed by atoms with E-state index in [0.29, 0.717) is 18.3 Å². The van der Waals surface area contributed by atoms with Crippen molar-refractivity contribution in [2.45, 2.75) is 44.3 Å². The first kappa shape index (κ1) is 17.0. The highest BCUT2D eigenvalue weighted by Crippen LogP contribution is 2.48. The van der Waals surface area contributed by atoms with Gasteiger partial charge in [0.25, 0.3) is 0 Å². The molecule has 0 aromatic heterocycles. The van der Waals surface area contributed by atoms with Gasteiger partial charge in [0.1, 0.15) is 11.8 Å². The Morgan fingerprint density at radius 3 is 3.00 bits per heavy atom. The van der Waals surface area contributed by atoms with Gasteiger partial charge in [0, 0.05) is 0 Å². The summed E-state index contributed by atoms with van der Waals surface area (Å²) in [5.41, 5.74) is 2.48. The van der Waals surface area contributed by atoms with Crippen LogP contribution in [0.5, 0.6) is 5.75 Å². The Hall–Kier alpha value is -1.83. The van der Waals surface area contributed by atoms with Gasteiger partial charge in [0.2, 0.25) is 0 Å². The van der Waals surface area contributed by atoms with Gasteiger partial charge in [-0.1, -0.05) is 18.2 Å². The Labute approximate surface area is 143 Å². The third-order valence-corrected chi connectivity index (χ3v) is 5.71. The number of aliphatic hydroxyl groups is 2. The van der Waals surface area contributed by atoms with Gasteiger partial charge >= 0.3 is 0 Å². The fraction of sp³-hybridized carbons (Fsp3) is 0.550. The lowest BCUT2D eigenvalue weighted by atomic mass is 9.73. The van der Waals surface area contributed by atoms with Gasteiger partial charge < -0.3 is 14.9 Å². The van der Waals surface area contributed by atoms with Crippen molar-refractivity contribution in [2.75, 3.05) is 6.61 Å². The van der Waals surface area contributed by atoms with Crippen molar-refractivity contribution in [3.05, 3.63) is 42.0 Å². The van der Waals surface area contributed by atoms with Crippen molar-refractivity contribution in [1.82, 2.24) is 0 Å². The molecule has 1 aromatic rings. The zero-order valence-corrected chi connectivity index (χ0v) is 13.9. The van der Waals surface area contributed by atoms with Crippen molar-refractivity contribution in [2.24, 2.45) is 17.8 Å². The topological polar surface area (TPSA) is 73.5 Å². The maximum Gasteiger partial charge on any atom is 0.174 e. The van der Waals surface area contributed by atoms with E-state index in [1.165, 1.54) is 11.1 Å². The van der Waals surface area contributed by atoms with Crippen LogP contribution in [0, 0.1) is 29.1 Å². The maximum absolute atomic E-state index is 10.5. The highest BCUT2D eigenvalue weighted by atomic mass is 16.5. The minimum Gasteiger partial charge on any atom is -0.478 e. The van der Waals surface area contributed by atoms with E-state index in [4.69, 9.17) is 10.00 Å². The lowest BCUT2D eigenvalue weighted by Gasteiger charge is -2.32. The van der Waals surface area contributed by atoms with E-state index in [1.807, 2.05) is 18.2 Å². The Kier molecular flexibility index (Phi) is 5.23. The lowest BCUT2D eigenvalue weighted by molar-refractivity contribution is 0.0987. The van der Waals surface area contributed by atoms with E-state index in [1.54, 1.807) is 6.08 Å². The van der Waals surface area contributed by atoms with Crippen LogP contribution in [0.3, 0.4) is 0 Å². The fourth-order valence-corrected chi connectivity index (χ4v) is 4.53. The second-order valence-corrected chi connectivity index (χ2v) is 7.02. The van der Waals surface area contributed by atoms with Crippen LogP contribution in [0.2, 0.25) is 0 Å². The van der Waals surface area contributed by atoms with Crippen molar-refractivity contribution >= 4 is 0 Å². The number of nitrogens with zero attached hydrogens (tertiary/aromatic N) is 1. The molecule has 3 rings (SSSR count). The molecule has 2 N–H and O–H groups in total. The molecule has 128 valence electrons. The first-order valence-electron chi connectivity index (χ1n) is 8.73. The molecule has 1 aromatic carbocycles. The minimum absolute atomic E-state index is 0.0647. The average molecular weight is 327 g/mol. The molecule has 0 aliphatic heterocycles. The highest BCUT2D eigenvalue weighted by molar-refractivity contribution is 5.43. The summed E-state index contributed by atoms with van der Waals surface area (Å²) >= 11 is 0. The van der Waals surface area contributed by atoms with Crippen LogP contribution in [0.25, 0.3) is 0 Å². The van der Waals surface area contributed by atoms with Crippen LogP contribution in [0.4, 0.5) is 0 Å². The smallest absolute Gasteiger partial charge is 0.174 e. The Morgan fingerprint density at radius 1 is 1.42 bits per heavy atom. The zero-order chi connectivity index (χ0) is 17.1. The summed E-state index contributed by atoms with van der Waals surface area (Å²) in [6.45, 7) is 3.69. The highest BCUT2D eigenvalue weighted by Gasteiger charge is 2.44. The molecule has 24 heavy (non-hydrogen) atoms. The van der Waals surface area contributed by atoms with E-state index in [2.05, 4.69) is 12.6 Å². The van der Waals surface area contributed by atoms with E-state index < -0.39 is 6.10 Å². The molecular weight excluding hydrogens is 302 g/mol. The molecule has 5 atom stereocenters. The van der Waals surface area contributed by atoms with E-state index in [0.717, 1.165) is 31.4 Å². The molecule has 2 aliphatic carbocycles. The summed E-state index contributed by atoms with van der Waals surface area (Å²) in [6, 6.07) is 8.06. The number of rotatable bonds is 6. The van der Waals surface area contributed by atoms with Crippen LogP contribution in [0.1, 0.15) is 30.4 Å². The van der Waals surface area contributed by atoms with Crippen molar-refractivity contribution in [3.8, 4) is 11.8 Å². The molecule has 1 saturated carbocycles. The van der Waals surface area contributed by atoms with Gasteiger partial charge in [0.05, 0.1) is 12.2 Å². The zero-order valence-electron chi connectivity index (χ0n) is 13.9. The second-order valence-electron chi connectivity index (χ2n) is 7.02. The predicted octanol–water partition coefficient (Wildman–Crippen LogP) is 2.63. The van der Waals surface area contributed by atoms with Crippen molar-refractivity contribution in [1.29, 1.82) is 5.26 Å². The first-order chi connectivity index (χ1) is 11.6. The van der Waals surface area contributed by atoms with Gasteiger partial charge in [-0.15, -0.1) is 6.58 Å². The number of hydrogen-bond donors (Lipinski definition) is 2. The number of fused-ring (bicyclic) bond motifs is 2. The van der Waals surface area contributed by atoms with Crippen LogP contribution in [0.15, 0.2) is 30.9 Å².